The monoisotopic (exact) mass is 1080 g/mol. The molecule has 0 radical (unpaired) electrons. The van der Waals surface area contributed by atoms with E-state index >= 15 is 27.2 Å². The highest BCUT2D eigenvalue weighted by atomic mass is 35.5. The lowest BCUT2D eigenvalue weighted by Gasteiger charge is -2.64. The lowest BCUT2D eigenvalue weighted by molar-refractivity contribution is -0.159. The van der Waals surface area contributed by atoms with Crippen molar-refractivity contribution in [2.24, 2.45) is 11.8 Å². The van der Waals surface area contributed by atoms with Crippen molar-refractivity contribution in [2.75, 3.05) is 26.2 Å². The van der Waals surface area contributed by atoms with Crippen LogP contribution in [0.2, 0.25) is 20.1 Å². The molecule has 4 aliphatic rings. The number of nitrogens with one attached hydrogen (secondary N) is 2. The zero-order chi connectivity index (χ0) is 51.7. The molecular formula is C60H58Cl4F4N4O2. The Morgan fingerprint density at radius 2 is 0.676 bits per heavy atom. The minimum Gasteiger partial charge on any atom is -0.353 e. The van der Waals surface area contributed by atoms with Gasteiger partial charge in [-0.05, 0) is 132 Å². The van der Waals surface area contributed by atoms with E-state index < -0.39 is 69.8 Å². The molecule has 0 spiro atoms. The Labute approximate surface area is 450 Å². The van der Waals surface area contributed by atoms with Crippen molar-refractivity contribution < 1.29 is 27.2 Å². The number of halogens is 8. The molecule has 2 unspecified atom stereocenters. The predicted octanol–water partition coefficient (Wildman–Crippen LogP) is 14.4. The normalized spacial score (nSPS) is 19.1. The molecule has 386 valence electrons. The third kappa shape index (κ3) is 10.4. The third-order valence-corrected chi connectivity index (χ3v) is 17.4. The van der Waals surface area contributed by atoms with Crippen molar-refractivity contribution in [1.82, 2.24) is 20.4 Å². The van der Waals surface area contributed by atoms with Crippen molar-refractivity contribution in [3.63, 3.8) is 0 Å². The summed E-state index contributed by atoms with van der Waals surface area (Å²) < 4.78 is 66.1. The van der Waals surface area contributed by atoms with Crippen molar-refractivity contribution in [3.05, 3.63) is 210 Å². The summed E-state index contributed by atoms with van der Waals surface area (Å²) in [7, 11) is 0. The summed E-state index contributed by atoms with van der Waals surface area (Å²) in [4.78, 5) is 38.0. The number of benzene rings is 6. The zero-order valence-corrected chi connectivity index (χ0v) is 43.8. The smallest absolute Gasteiger partial charge is 0.232 e. The Morgan fingerprint density at radius 1 is 0.419 bits per heavy atom. The van der Waals surface area contributed by atoms with Gasteiger partial charge in [-0.15, -0.1) is 0 Å². The first-order valence-electron chi connectivity index (χ1n) is 25.8. The van der Waals surface area contributed by atoms with Gasteiger partial charge in [-0.3, -0.25) is 19.4 Å². The molecule has 0 bridgehead atoms. The molecule has 2 amide bonds. The minimum absolute atomic E-state index is 0.0867. The van der Waals surface area contributed by atoms with Gasteiger partial charge in [0.2, 0.25) is 11.8 Å². The second-order valence-electron chi connectivity index (χ2n) is 20.9. The number of nitrogens with zero attached hydrogens (tertiary/aromatic N) is 2. The van der Waals surface area contributed by atoms with Gasteiger partial charge < -0.3 is 10.6 Å². The molecule has 2 saturated heterocycles. The van der Waals surface area contributed by atoms with Crippen LogP contribution in [0.4, 0.5) is 17.6 Å². The third-order valence-electron chi connectivity index (χ3n) is 16.4. The molecule has 2 saturated carbocycles. The number of hydrogen-bond acceptors (Lipinski definition) is 4. The lowest BCUT2D eigenvalue weighted by atomic mass is 9.44. The molecule has 2 aliphatic carbocycles. The highest BCUT2D eigenvalue weighted by Crippen LogP contribution is 2.60. The Kier molecular flexibility index (Phi) is 15.8. The number of likely N-dealkylation sites (tertiary alicyclic amines) is 2. The van der Waals surface area contributed by atoms with Crippen LogP contribution in [0.15, 0.2) is 133 Å². The van der Waals surface area contributed by atoms with Gasteiger partial charge in [0.25, 0.3) is 0 Å². The molecule has 2 N–H and O–H groups in total. The number of rotatable bonds is 15. The van der Waals surface area contributed by atoms with Gasteiger partial charge in [-0.2, -0.15) is 0 Å². The summed E-state index contributed by atoms with van der Waals surface area (Å²) in [6, 6.07) is 34.4. The van der Waals surface area contributed by atoms with E-state index in [1.807, 2.05) is 48.5 Å². The highest BCUT2D eigenvalue weighted by molar-refractivity contribution is 6.31. The second kappa shape index (κ2) is 22.3. The molecule has 0 aromatic heterocycles. The maximum absolute atomic E-state index is 16.8. The van der Waals surface area contributed by atoms with Gasteiger partial charge in [0, 0.05) is 82.3 Å². The Morgan fingerprint density at radius 3 is 0.932 bits per heavy atom. The second-order valence-corrected chi connectivity index (χ2v) is 22.6. The Balaban J connectivity index is 1.22. The largest absolute Gasteiger partial charge is 0.353 e. The van der Waals surface area contributed by atoms with E-state index in [0.717, 1.165) is 97.2 Å². The quantitative estimate of drug-likeness (QED) is 0.101. The Bertz CT molecular complexity index is 2610. The number of hydrogen-bond donors (Lipinski definition) is 2. The van der Waals surface area contributed by atoms with E-state index in [-0.39, 0.29) is 49.4 Å². The van der Waals surface area contributed by atoms with Gasteiger partial charge in [0.15, 0.2) is 0 Å². The van der Waals surface area contributed by atoms with E-state index in [4.69, 9.17) is 46.4 Å². The molecule has 2 heterocycles. The maximum Gasteiger partial charge on any atom is 0.232 e. The summed E-state index contributed by atoms with van der Waals surface area (Å²) in [5.74, 6) is -6.84. The van der Waals surface area contributed by atoms with Crippen LogP contribution in [0.1, 0.15) is 110 Å². The van der Waals surface area contributed by atoms with Crippen LogP contribution in [0.25, 0.3) is 0 Å². The van der Waals surface area contributed by atoms with Gasteiger partial charge >= 0.3 is 0 Å². The predicted molar refractivity (Wildman–Crippen MR) is 286 cm³/mol. The molecule has 74 heavy (non-hydrogen) atoms. The summed E-state index contributed by atoms with van der Waals surface area (Å²) in [6.45, 7) is 0.488. The molecule has 6 aromatic carbocycles. The van der Waals surface area contributed by atoms with Crippen LogP contribution in [-0.4, -0.2) is 59.9 Å². The van der Waals surface area contributed by atoms with Gasteiger partial charge in [-0.25, -0.2) is 17.6 Å². The highest BCUT2D eigenvalue weighted by Gasteiger charge is 2.72. The fourth-order valence-electron chi connectivity index (χ4n) is 13.0. The van der Waals surface area contributed by atoms with Crippen molar-refractivity contribution in [2.45, 2.75) is 99.2 Å². The van der Waals surface area contributed by atoms with Crippen molar-refractivity contribution in [3.8, 4) is 0 Å². The van der Waals surface area contributed by atoms with E-state index in [1.165, 1.54) is 0 Å². The number of amides is 2. The SMILES string of the molecule is O=C(NC1CCCCC1)C(c1cc(F)cc(F)c1)(C1CN(C(c2ccc(Cl)cc2)c2ccc(Cl)cc2)C1)C(C(=O)NC1CCCCC1)(c1cc(F)cc(F)c1)C1CN(C(c2ccc(Cl)cc2)c2ccc(Cl)cc2)C1. The van der Waals surface area contributed by atoms with Crippen LogP contribution in [0.3, 0.4) is 0 Å². The van der Waals surface area contributed by atoms with Gasteiger partial charge in [-0.1, -0.05) is 133 Å². The van der Waals surface area contributed by atoms with Gasteiger partial charge in [0.05, 0.1) is 22.9 Å². The first-order valence-corrected chi connectivity index (χ1v) is 27.3. The molecule has 4 fully saturated rings. The first-order chi connectivity index (χ1) is 35.7. The van der Waals surface area contributed by atoms with Crippen LogP contribution < -0.4 is 10.6 Å². The Hall–Kier alpha value is -4.94. The summed E-state index contributed by atoms with van der Waals surface area (Å²) in [6.07, 6.45) is 7.86. The molecule has 2 atom stereocenters. The number of carbonyl (C=O) groups excluding carboxylic acids is 2. The van der Waals surface area contributed by atoms with E-state index in [2.05, 4.69) is 20.4 Å². The van der Waals surface area contributed by atoms with E-state index in [0.29, 0.717) is 45.8 Å². The van der Waals surface area contributed by atoms with E-state index in [1.54, 1.807) is 48.5 Å². The van der Waals surface area contributed by atoms with Crippen LogP contribution >= 0.6 is 46.4 Å². The maximum atomic E-state index is 16.8. The summed E-state index contributed by atoms with van der Waals surface area (Å²) in [5.41, 5.74) is -1.08. The molecular weight excluding hydrogens is 1030 g/mol. The fourth-order valence-corrected chi connectivity index (χ4v) is 13.5. The first kappa shape index (κ1) is 52.5. The average Bonchev–Trinajstić information content (AvgIpc) is 3.35. The minimum atomic E-state index is -2.21. The molecule has 14 heteroatoms. The molecule has 2 aliphatic heterocycles. The van der Waals surface area contributed by atoms with Crippen molar-refractivity contribution in [1.29, 1.82) is 0 Å². The van der Waals surface area contributed by atoms with Crippen LogP contribution in [-0.2, 0) is 20.4 Å². The zero-order valence-electron chi connectivity index (χ0n) is 40.8. The van der Waals surface area contributed by atoms with Crippen molar-refractivity contribution >= 4 is 58.2 Å². The molecule has 10 rings (SSSR count). The van der Waals surface area contributed by atoms with Crippen LogP contribution in [0.5, 0.6) is 0 Å². The standard InChI is InChI=1S/C60H58Cl4F4N4O2/c61-45-19-11-37(12-20-45)55(38-13-21-46(62)22-14-38)71-33-43(34-71)59(41-27-49(65)31-50(66)28-41,57(73)69-53-7-3-1-4-8-53)60(42-29-51(67)32-52(68)30-42,58(74)70-54-9-5-2-6-10-54)44-35-72(36-44)56(39-15-23-47(63)24-16-39)40-17-25-48(64)26-18-40/h11-32,43-44,53-56H,1-10,33-36H2,(H,69,73)(H,70,74). The molecule has 6 aromatic rings. The lowest BCUT2D eigenvalue weighted by Crippen LogP contribution is -2.78. The average molecular weight is 1080 g/mol. The van der Waals surface area contributed by atoms with Gasteiger partial charge in [0.1, 0.15) is 23.3 Å². The van der Waals surface area contributed by atoms with E-state index in [9.17, 15) is 0 Å². The molecule has 6 nitrogen and oxygen atoms in total. The fraction of sp³-hybridized carbons (Fsp3) is 0.367. The summed E-state index contributed by atoms with van der Waals surface area (Å²) in [5, 5.41) is 8.94. The summed E-state index contributed by atoms with van der Waals surface area (Å²) >= 11 is 25.8. The topological polar surface area (TPSA) is 64.7 Å². The number of carbonyl (C=O) groups is 2. The van der Waals surface area contributed by atoms with Crippen LogP contribution in [0, 0.1) is 35.1 Å².